The second-order valence-corrected chi connectivity index (χ2v) is 6.53. The molecule has 2 aromatic rings. The van der Waals surface area contributed by atoms with E-state index in [9.17, 15) is 12.8 Å². The molecular formula is C13H11BrFNO3S. The summed E-state index contributed by atoms with van der Waals surface area (Å²) < 4.78 is 42.1. The van der Waals surface area contributed by atoms with Crippen LogP contribution in [-0.2, 0) is 16.6 Å². The highest BCUT2D eigenvalue weighted by Gasteiger charge is 2.12. The van der Waals surface area contributed by atoms with Crippen LogP contribution in [0.2, 0.25) is 0 Å². The number of halogens is 2. The van der Waals surface area contributed by atoms with Crippen LogP contribution in [0.3, 0.4) is 0 Å². The molecule has 0 heterocycles. The van der Waals surface area contributed by atoms with Crippen LogP contribution < -0.4 is 9.88 Å². The minimum atomic E-state index is -3.92. The number of ether oxygens (including phenoxy) is 1. The number of rotatable bonds is 4. The van der Waals surface area contributed by atoms with Crippen LogP contribution in [0.5, 0.6) is 5.75 Å². The van der Waals surface area contributed by atoms with E-state index in [0.29, 0.717) is 0 Å². The zero-order valence-corrected chi connectivity index (χ0v) is 12.6. The van der Waals surface area contributed by atoms with Crippen LogP contribution in [0.15, 0.2) is 51.8 Å². The third-order valence-corrected chi connectivity index (χ3v) is 3.92. The zero-order chi connectivity index (χ0) is 14.8. The van der Waals surface area contributed by atoms with Crippen molar-refractivity contribution in [1.29, 1.82) is 0 Å². The number of sulfonamides is 1. The van der Waals surface area contributed by atoms with Gasteiger partial charge in [0.05, 0.1) is 4.90 Å². The van der Waals surface area contributed by atoms with Gasteiger partial charge in [0.2, 0.25) is 10.0 Å². The van der Waals surface area contributed by atoms with Crippen LogP contribution in [0.1, 0.15) is 5.56 Å². The molecule has 0 saturated heterocycles. The lowest BCUT2D eigenvalue weighted by Crippen LogP contribution is -2.12. The first kappa shape index (κ1) is 15.0. The Morgan fingerprint density at radius 1 is 1.20 bits per heavy atom. The van der Waals surface area contributed by atoms with Crippen molar-refractivity contribution in [3.8, 4) is 5.75 Å². The first-order chi connectivity index (χ1) is 9.36. The largest absolute Gasteiger partial charge is 0.486 e. The van der Waals surface area contributed by atoms with Crippen molar-refractivity contribution in [2.24, 2.45) is 5.14 Å². The lowest BCUT2D eigenvalue weighted by molar-refractivity contribution is 0.290. The molecule has 0 aliphatic carbocycles. The summed E-state index contributed by atoms with van der Waals surface area (Å²) in [5.74, 6) is -0.802. The van der Waals surface area contributed by atoms with Crippen molar-refractivity contribution >= 4 is 26.0 Å². The van der Waals surface area contributed by atoms with Gasteiger partial charge in [0.15, 0.2) is 11.6 Å². The lowest BCUT2D eigenvalue weighted by Gasteiger charge is -2.08. The molecule has 0 amide bonds. The van der Waals surface area contributed by atoms with Gasteiger partial charge in [-0.15, -0.1) is 0 Å². The predicted octanol–water partition coefficient (Wildman–Crippen LogP) is 2.81. The molecule has 0 saturated carbocycles. The third kappa shape index (κ3) is 3.78. The van der Waals surface area contributed by atoms with Gasteiger partial charge in [-0.05, 0) is 35.9 Å². The minimum Gasteiger partial charge on any atom is -0.486 e. The van der Waals surface area contributed by atoms with Gasteiger partial charge in [0, 0.05) is 4.47 Å². The molecule has 0 atom stereocenters. The van der Waals surface area contributed by atoms with Crippen molar-refractivity contribution in [3.63, 3.8) is 0 Å². The number of benzene rings is 2. The monoisotopic (exact) mass is 359 g/mol. The van der Waals surface area contributed by atoms with E-state index >= 15 is 0 Å². The van der Waals surface area contributed by atoms with E-state index in [-0.39, 0.29) is 17.3 Å². The molecule has 0 aliphatic heterocycles. The maximum Gasteiger partial charge on any atom is 0.238 e. The Balaban J connectivity index is 2.15. The summed E-state index contributed by atoms with van der Waals surface area (Å²) in [6, 6.07) is 10.7. The van der Waals surface area contributed by atoms with E-state index in [4.69, 9.17) is 9.88 Å². The predicted molar refractivity (Wildman–Crippen MR) is 76.2 cm³/mol. The maximum atomic E-state index is 13.7. The standard InChI is InChI=1S/C13H11BrFNO3S/c14-10-3-1-2-9(6-10)8-19-13-5-4-11(7-12(13)15)20(16,17)18/h1-7H,8H2,(H2,16,17,18). The Hall–Kier alpha value is -1.44. The summed E-state index contributed by atoms with van der Waals surface area (Å²) in [5.41, 5.74) is 0.856. The van der Waals surface area contributed by atoms with Gasteiger partial charge in [0.25, 0.3) is 0 Å². The first-order valence-corrected chi connectivity index (χ1v) is 7.90. The highest BCUT2D eigenvalue weighted by molar-refractivity contribution is 9.10. The topological polar surface area (TPSA) is 69.4 Å². The highest BCUT2D eigenvalue weighted by atomic mass is 79.9. The number of hydrogen-bond donors (Lipinski definition) is 1. The fourth-order valence-corrected chi connectivity index (χ4v) is 2.54. The van der Waals surface area contributed by atoms with Crippen molar-refractivity contribution < 1.29 is 17.5 Å². The molecule has 2 N–H and O–H groups in total. The van der Waals surface area contributed by atoms with E-state index in [0.717, 1.165) is 16.1 Å². The molecule has 0 bridgehead atoms. The maximum absolute atomic E-state index is 13.7. The second kappa shape index (κ2) is 5.90. The SMILES string of the molecule is NS(=O)(=O)c1ccc(OCc2cccc(Br)c2)c(F)c1. The van der Waals surface area contributed by atoms with Crippen LogP contribution in [0.25, 0.3) is 0 Å². The van der Waals surface area contributed by atoms with Crippen LogP contribution in [-0.4, -0.2) is 8.42 Å². The molecule has 4 nitrogen and oxygen atoms in total. The van der Waals surface area contributed by atoms with Crippen LogP contribution in [0.4, 0.5) is 4.39 Å². The molecule has 0 fully saturated rings. The van der Waals surface area contributed by atoms with E-state index in [1.165, 1.54) is 12.1 Å². The molecule has 0 radical (unpaired) electrons. The molecule has 106 valence electrons. The van der Waals surface area contributed by atoms with E-state index in [1.807, 2.05) is 24.3 Å². The van der Waals surface area contributed by atoms with Gasteiger partial charge in [0.1, 0.15) is 6.61 Å². The first-order valence-electron chi connectivity index (χ1n) is 5.56. The third-order valence-electron chi connectivity index (χ3n) is 2.52. The van der Waals surface area contributed by atoms with Gasteiger partial charge in [-0.25, -0.2) is 17.9 Å². The highest BCUT2D eigenvalue weighted by Crippen LogP contribution is 2.22. The summed E-state index contributed by atoms with van der Waals surface area (Å²) >= 11 is 3.32. The van der Waals surface area contributed by atoms with Gasteiger partial charge in [-0.1, -0.05) is 28.1 Å². The minimum absolute atomic E-state index is 0.0302. The van der Waals surface area contributed by atoms with E-state index in [1.54, 1.807) is 0 Å². The van der Waals surface area contributed by atoms with Gasteiger partial charge in [-0.3, -0.25) is 0 Å². The Bertz CT molecular complexity index is 734. The number of hydrogen-bond acceptors (Lipinski definition) is 3. The van der Waals surface area contributed by atoms with Gasteiger partial charge < -0.3 is 4.74 Å². The van der Waals surface area contributed by atoms with E-state index in [2.05, 4.69) is 15.9 Å². The second-order valence-electron chi connectivity index (χ2n) is 4.06. The molecule has 20 heavy (non-hydrogen) atoms. The average molecular weight is 360 g/mol. The molecule has 0 aromatic heterocycles. The van der Waals surface area contributed by atoms with Crippen LogP contribution >= 0.6 is 15.9 Å². The Morgan fingerprint density at radius 2 is 1.95 bits per heavy atom. The number of primary sulfonamides is 1. The lowest BCUT2D eigenvalue weighted by atomic mass is 10.2. The quantitative estimate of drug-likeness (QED) is 0.912. The zero-order valence-electron chi connectivity index (χ0n) is 10.2. The smallest absolute Gasteiger partial charge is 0.238 e. The normalized spacial score (nSPS) is 11.3. The molecule has 0 aliphatic rings. The summed E-state index contributed by atoms with van der Waals surface area (Å²) in [7, 11) is -3.92. The van der Waals surface area contributed by atoms with Crippen molar-refractivity contribution in [1.82, 2.24) is 0 Å². The van der Waals surface area contributed by atoms with Crippen molar-refractivity contribution in [2.75, 3.05) is 0 Å². The molecule has 2 aromatic carbocycles. The van der Waals surface area contributed by atoms with E-state index < -0.39 is 15.8 Å². The van der Waals surface area contributed by atoms with Crippen LogP contribution in [0, 0.1) is 5.82 Å². The Kier molecular flexibility index (Phi) is 4.42. The summed E-state index contributed by atoms with van der Waals surface area (Å²) in [6.45, 7) is 0.172. The summed E-state index contributed by atoms with van der Waals surface area (Å²) in [5, 5.41) is 4.92. The fourth-order valence-electron chi connectivity index (χ4n) is 1.56. The Morgan fingerprint density at radius 3 is 2.55 bits per heavy atom. The van der Waals surface area contributed by atoms with Gasteiger partial charge in [-0.2, -0.15) is 0 Å². The molecule has 0 unspecified atom stereocenters. The molecule has 7 heteroatoms. The summed E-state index contributed by atoms with van der Waals surface area (Å²) in [6.07, 6.45) is 0. The number of nitrogens with two attached hydrogens (primary N) is 1. The average Bonchev–Trinajstić information content (AvgIpc) is 2.36. The molecule has 0 spiro atoms. The fraction of sp³-hybridized carbons (Fsp3) is 0.0769. The van der Waals surface area contributed by atoms with Crippen molar-refractivity contribution in [3.05, 3.63) is 58.3 Å². The Labute approximate surface area is 124 Å². The van der Waals surface area contributed by atoms with Crippen molar-refractivity contribution in [2.45, 2.75) is 11.5 Å². The molecular weight excluding hydrogens is 349 g/mol. The summed E-state index contributed by atoms with van der Waals surface area (Å²) in [4.78, 5) is -0.287. The van der Waals surface area contributed by atoms with Gasteiger partial charge >= 0.3 is 0 Å². The molecule has 2 rings (SSSR count).